The molecular formula is C23H18F3NO5S. The van der Waals surface area contributed by atoms with E-state index in [9.17, 15) is 28.2 Å². The van der Waals surface area contributed by atoms with Crippen LogP contribution in [0.15, 0.2) is 61.6 Å². The molecule has 2 N–H and O–H groups in total. The zero-order chi connectivity index (χ0) is 23.9. The Bertz CT molecular complexity index is 1320. The lowest BCUT2D eigenvalue weighted by molar-refractivity contribution is -0.137. The molecule has 10 heteroatoms. The fourth-order valence-corrected chi connectivity index (χ4v) is 4.74. The number of fused-ring (bicyclic) bond motifs is 1. The molecule has 0 spiro atoms. The van der Waals surface area contributed by atoms with Gasteiger partial charge in [0.05, 0.1) is 24.1 Å². The fraction of sp³-hybridized carbons (Fsp3) is 0.217. The van der Waals surface area contributed by atoms with Crippen LogP contribution >= 0.6 is 11.8 Å². The zero-order valence-electron chi connectivity index (χ0n) is 17.4. The van der Waals surface area contributed by atoms with E-state index < -0.39 is 22.6 Å². The van der Waals surface area contributed by atoms with Crippen LogP contribution in [0.4, 0.5) is 18.9 Å². The number of aromatic hydroxyl groups is 2. The van der Waals surface area contributed by atoms with Crippen molar-refractivity contribution in [1.29, 1.82) is 0 Å². The number of aliphatic imine (C=N–C) groups is 1. The number of hydrogen-bond acceptors (Lipinski definition) is 7. The van der Waals surface area contributed by atoms with Gasteiger partial charge in [0, 0.05) is 22.6 Å². The summed E-state index contributed by atoms with van der Waals surface area (Å²) in [6, 6.07) is 9.17. The summed E-state index contributed by atoms with van der Waals surface area (Å²) in [6.07, 6.45) is -4.48. The lowest BCUT2D eigenvalue weighted by Gasteiger charge is -2.17. The van der Waals surface area contributed by atoms with Gasteiger partial charge in [-0.05, 0) is 42.8 Å². The topological polar surface area (TPSA) is 92.3 Å². The van der Waals surface area contributed by atoms with Crippen LogP contribution in [0.2, 0.25) is 0 Å². The maximum atomic E-state index is 13.3. The molecule has 0 saturated heterocycles. The molecular weight excluding hydrogens is 459 g/mol. The zero-order valence-corrected chi connectivity index (χ0v) is 18.3. The first-order valence-corrected chi connectivity index (χ1v) is 10.6. The molecule has 0 radical (unpaired) electrons. The van der Waals surface area contributed by atoms with E-state index in [1.807, 2.05) is 0 Å². The van der Waals surface area contributed by atoms with Crippen LogP contribution in [0.5, 0.6) is 17.2 Å². The lowest BCUT2D eigenvalue weighted by atomic mass is 10.0. The summed E-state index contributed by atoms with van der Waals surface area (Å²) in [6.45, 7) is 1.49. The Labute approximate surface area is 190 Å². The smallest absolute Gasteiger partial charge is 0.416 e. The van der Waals surface area contributed by atoms with Crippen molar-refractivity contribution in [3.8, 4) is 17.2 Å². The summed E-state index contributed by atoms with van der Waals surface area (Å²) < 4.78 is 50.2. The molecule has 1 aromatic heterocycles. The number of nitrogens with zero attached hydrogens (tertiary/aromatic N) is 1. The highest BCUT2D eigenvalue weighted by atomic mass is 32.2. The molecule has 0 amide bonds. The van der Waals surface area contributed by atoms with Crippen LogP contribution in [0.25, 0.3) is 0 Å². The maximum absolute atomic E-state index is 13.3. The van der Waals surface area contributed by atoms with Crippen LogP contribution in [0.1, 0.15) is 34.1 Å². The first kappa shape index (κ1) is 22.8. The minimum absolute atomic E-state index is 0.0254. The van der Waals surface area contributed by atoms with Crippen LogP contribution in [-0.2, 0) is 6.18 Å². The highest BCUT2D eigenvalue weighted by Crippen LogP contribution is 2.48. The van der Waals surface area contributed by atoms with Crippen molar-refractivity contribution in [3.05, 3.63) is 75.3 Å². The predicted octanol–water partition coefficient (Wildman–Crippen LogP) is 5.74. The number of thioether (sulfide) groups is 1. The number of phenols is 1. The molecule has 0 bridgehead atoms. The Kier molecular flexibility index (Phi) is 5.87. The molecule has 2 aromatic carbocycles. The fourth-order valence-electron chi connectivity index (χ4n) is 3.54. The molecule has 6 nitrogen and oxygen atoms in total. The molecule has 4 rings (SSSR count). The number of phenolic OH excluding ortho intramolecular Hbond substituents is 1. The van der Waals surface area contributed by atoms with E-state index in [0.29, 0.717) is 10.5 Å². The summed E-state index contributed by atoms with van der Waals surface area (Å²) in [7, 11) is 1.40. The number of ether oxygens (including phenoxy) is 1. The van der Waals surface area contributed by atoms with Gasteiger partial charge in [0.25, 0.3) is 0 Å². The van der Waals surface area contributed by atoms with Crippen molar-refractivity contribution in [2.24, 2.45) is 4.99 Å². The normalized spacial score (nSPS) is 16.0. The largest absolute Gasteiger partial charge is 0.507 e. The molecule has 0 saturated carbocycles. The third kappa shape index (κ3) is 4.56. The second kappa shape index (κ2) is 8.51. The number of methoxy groups -OCH3 is 1. The Morgan fingerprint density at radius 3 is 2.55 bits per heavy atom. The second-order valence-corrected chi connectivity index (χ2v) is 8.63. The van der Waals surface area contributed by atoms with Crippen molar-refractivity contribution >= 4 is 23.2 Å². The Morgan fingerprint density at radius 1 is 1.12 bits per heavy atom. The van der Waals surface area contributed by atoms with E-state index in [1.54, 1.807) is 12.1 Å². The molecule has 1 aliphatic heterocycles. The molecule has 1 atom stereocenters. The summed E-state index contributed by atoms with van der Waals surface area (Å²) in [4.78, 5) is 17.4. The average molecular weight is 477 g/mol. The van der Waals surface area contributed by atoms with Gasteiger partial charge in [-0.2, -0.15) is 13.2 Å². The number of alkyl halides is 3. The number of halogens is 3. The van der Waals surface area contributed by atoms with E-state index in [1.165, 1.54) is 44.0 Å². The van der Waals surface area contributed by atoms with Gasteiger partial charge >= 0.3 is 11.8 Å². The highest BCUT2D eigenvalue weighted by molar-refractivity contribution is 7.99. The molecule has 0 fully saturated rings. The minimum atomic E-state index is -4.57. The van der Waals surface area contributed by atoms with Gasteiger partial charge < -0.3 is 19.4 Å². The number of aryl methyl sites for hydroxylation is 1. The maximum Gasteiger partial charge on any atom is 0.416 e. The van der Waals surface area contributed by atoms with Crippen molar-refractivity contribution < 1.29 is 32.5 Å². The summed E-state index contributed by atoms with van der Waals surface area (Å²) >= 11 is 1.26. The van der Waals surface area contributed by atoms with Crippen molar-refractivity contribution in [2.45, 2.75) is 29.7 Å². The molecule has 33 heavy (non-hydrogen) atoms. The SMILES string of the molecule is COc1cc([C@H]2CC(c3c(O)cc(C)oc3=O)=Nc3cc(C(F)(F)F)ccc3S2)ccc1O. The van der Waals surface area contributed by atoms with Crippen molar-refractivity contribution in [3.63, 3.8) is 0 Å². The molecule has 0 unspecified atom stereocenters. The van der Waals surface area contributed by atoms with E-state index in [-0.39, 0.29) is 46.4 Å². The summed E-state index contributed by atoms with van der Waals surface area (Å²) in [5.74, 6) is -0.0311. The van der Waals surface area contributed by atoms with Gasteiger partial charge in [-0.3, -0.25) is 4.99 Å². The van der Waals surface area contributed by atoms with E-state index >= 15 is 0 Å². The first-order valence-electron chi connectivity index (χ1n) is 9.73. The van der Waals surface area contributed by atoms with Gasteiger partial charge in [0.1, 0.15) is 17.1 Å². The first-order chi connectivity index (χ1) is 15.6. The number of rotatable bonds is 3. The average Bonchev–Trinajstić information content (AvgIpc) is 2.91. The van der Waals surface area contributed by atoms with Crippen molar-refractivity contribution in [2.75, 3.05) is 7.11 Å². The minimum Gasteiger partial charge on any atom is -0.507 e. The summed E-state index contributed by atoms with van der Waals surface area (Å²) in [5.41, 5.74) is -1.13. The van der Waals surface area contributed by atoms with Gasteiger partial charge in [-0.15, -0.1) is 11.8 Å². The monoisotopic (exact) mass is 477 g/mol. The summed E-state index contributed by atoms with van der Waals surface area (Å²) in [5, 5.41) is 20.0. The van der Waals surface area contributed by atoms with Gasteiger partial charge in [-0.25, -0.2) is 4.79 Å². The molecule has 172 valence electrons. The van der Waals surface area contributed by atoms with E-state index in [2.05, 4.69) is 4.99 Å². The third-order valence-corrected chi connectivity index (χ3v) is 6.43. The molecule has 1 aliphatic rings. The van der Waals surface area contributed by atoms with Crippen LogP contribution in [0.3, 0.4) is 0 Å². The lowest BCUT2D eigenvalue weighted by Crippen LogP contribution is -2.17. The van der Waals surface area contributed by atoms with Crippen LogP contribution in [-0.4, -0.2) is 23.0 Å². The molecule has 2 heterocycles. The van der Waals surface area contributed by atoms with Crippen molar-refractivity contribution in [1.82, 2.24) is 0 Å². The van der Waals surface area contributed by atoms with Gasteiger partial charge in [0.2, 0.25) is 0 Å². The Morgan fingerprint density at radius 2 is 1.88 bits per heavy atom. The van der Waals surface area contributed by atoms with Crippen LogP contribution < -0.4 is 10.4 Å². The van der Waals surface area contributed by atoms with E-state index in [4.69, 9.17) is 9.15 Å². The highest BCUT2D eigenvalue weighted by Gasteiger charge is 2.33. The number of hydrogen-bond donors (Lipinski definition) is 2. The second-order valence-electron chi connectivity index (χ2n) is 7.39. The Balaban J connectivity index is 1.91. The van der Waals surface area contributed by atoms with E-state index in [0.717, 1.165) is 12.1 Å². The van der Waals surface area contributed by atoms with Gasteiger partial charge in [0.15, 0.2) is 11.5 Å². The molecule has 0 aliphatic carbocycles. The van der Waals surface area contributed by atoms with Gasteiger partial charge in [-0.1, -0.05) is 6.07 Å². The Hall–Kier alpha value is -3.40. The third-order valence-electron chi connectivity index (χ3n) is 5.11. The molecule has 3 aromatic rings. The quantitative estimate of drug-likeness (QED) is 0.500. The number of benzene rings is 2. The van der Waals surface area contributed by atoms with Crippen LogP contribution in [0, 0.1) is 6.92 Å². The predicted molar refractivity (Wildman–Crippen MR) is 117 cm³/mol. The standard InChI is InChI=1S/C23H18F3NO5S/c1-11-7-17(29)21(22(30)32-11)15-10-20(12-3-5-16(28)18(8-12)31-2)33-19-6-4-13(23(24,25)26)9-14(19)27-15/h3-9,20,28-29H,10H2,1-2H3/t20-/m1/s1.